The molecule has 0 unspecified atom stereocenters. The number of hydrogen-bond donors (Lipinski definition) is 2. The molecule has 0 aliphatic carbocycles. The number of pyridine rings is 1. The normalized spacial score (nSPS) is 10.9. The smallest absolute Gasteiger partial charge is 0.298 e. The number of para-hydroxylation sites is 2. The van der Waals surface area contributed by atoms with Gasteiger partial charge in [-0.1, -0.05) is 78.3 Å². The summed E-state index contributed by atoms with van der Waals surface area (Å²) in [6.07, 6.45) is 0. The maximum atomic E-state index is 13.2. The number of halogens is 1. The van der Waals surface area contributed by atoms with Crippen LogP contribution in [0.5, 0.6) is 5.75 Å². The maximum absolute atomic E-state index is 13.2. The lowest BCUT2D eigenvalue weighted by atomic mass is 10.0. The Bertz CT molecular complexity index is 1590. The summed E-state index contributed by atoms with van der Waals surface area (Å²) < 4.78 is 1.41. The molecule has 0 spiro atoms. The van der Waals surface area contributed by atoms with Gasteiger partial charge in [0.05, 0.1) is 11.1 Å². The van der Waals surface area contributed by atoms with E-state index in [1.807, 2.05) is 66.7 Å². The molecule has 0 radical (unpaired) electrons. The molecule has 5 nitrogen and oxygen atoms in total. The molecule has 5 aromatic rings. The lowest BCUT2D eigenvalue weighted by molar-refractivity contribution is 0.0949. The molecule has 6 heteroatoms. The molecule has 1 amide bonds. The average Bonchev–Trinajstić information content (AvgIpc) is 2.89. The zero-order valence-corrected chi connectivity index (χ0v) is 19.4. The molecule has 1 aromatic heterocycles. The number of aromatic nitrogens is 1. The van der Waals surface area contributed by atoms with Gasteiger partial charge in [0.2, 0.25) is 0 Å². The van der Waals surface area contributed by atoms with E-state index in [-0.39, 0.29) is 12.1 Å². The molecule has 0 saturated carbocycles. The summed E-state index contributed by atoms with van der Waals surface area (Å²) in [4.78, 5) is 26.3. The number of aromatic hydroxyl groups is 1. The van der Waals surface area contributed by atoms with Crippen LogP contribution in [0.25, 0.3) is 27.7 Å². The van der Waals surface area contributed by atoms with E-state index in [1.54, 1.807) is 36.4 Å². The Hall–Kier alpha value is -4.35. The third-order valence-corrected chi connectivity index (χ3v) is 6.11. The SMILES string of the molecule is O=C(NCc1cccc(-c2ccc(Cl)cc2)c1)c1c(O)c(=O)n(-c2ccccc2)c2ccccc12. The zero-order chi connectivity index (χ0) is 24.4. The van der Waals surface area contributed by atoms with Crippen molar-refractivity contribution in [3.05, 3.63) is 130 Å². The van der Waals surface area contributed by atoms with Gasteiger partial charge in [-0.15, -0.1) is 0 Å². The number of benzene rings is 4. The van der Waals surface area contributed by atoms with Gasteiger partial charge in [-0.3, -0.25) is 14.2 Å². The number of nitrogens with one attached hydrogen (secondary N) is 1. The van der Waals surface area contributed by atoms with Crippen molar-refractivity contribution in [1.82, 2.24) is 9.88 Å². The first-order chi connectivity index (χ1) is 17.0. The summed E-state index contributed by atoms with van der Waals surface area (Å²) in [6, 6.07) is 31.4. The molecular weight excluding hydrogens is 460 g/mol. The van der Waals surface area contributed by atoms with Crippen LogP contribution >= 0.6 is 11.6 Å². The Balaban J connectivity index is 1.48. The van der Waals surface area contributed by atoms with E-state index >= 15 is 0 Å². The molecule has 0 fully saturated rings. The largest absolute Gasteiger partial charge is 0.502 e. The lowest BCUT2D eigenvalue weighted by Gasteiger charge is -2.15. The number of carbonyl (C=O) groups is 1. The van der Waals surface area contributed by atoms with E-state index < -0.39 is 17.2 Å². The van der Waals surface area contributed by atoms with Crippen LogP contribution in [0.3, 0.4) is 0 Å². The zero-order valence-electron chi connectivity index (χ0n) is 18.6. The molecule has 0 bridgehead atoms. The topological polar surface area (TPSA) is 71.3 Å². The van der Waals surface area contributed by atoms with Gasteiger partial charge in [-0.2, -0.15) is 0 Å². The minimum absolute atomic E-state index is 0.0355. The van der Waals surface area contributed by atoms with Crippen LogP contribution in [0.15, 0.2) is 108 Å². The molecular formula is C29H21ClN2O3. The van der Waals surface area contributed by atoms with Crippen LogP contribution in [-0.4, -0.2) is 15.6 Å². The molecule has 0 atom stereocenters. The van der Waals surface area contributed by atoms with E-state index in [0.717, 1.165) is 16.7 Å². The molecule has 0 aliphatic heterocycles. The van der Waals surface area contributed by atoms with Crippen molar-refractivity contribution >= 4 is 28.4 Å². The number of hydrogen-bond acceptors (Lipinski definition) is 3. The third kappa shape index (κ3) is 4.42. The van der Waals surface area contributed by atoms with Crippen LogP contribution in [-0.2, 0) is 6.54 Å². The van der Waals surface area contributed by atoms with E-state index in [0.29, 0.717) is 21.6 Å². The van der Waals surface area contributed by atoms with E-state index in [1.165, 1.54) is 4.57 Å². The average molecular weight is 481 g/mol. The molecule has 1 heterocycles. The first kappa shape index (κ1) is 22.4. The van der Waals surface area contributed by atoms with Gasteiger partial charge < -0.3 is 10.4 Å². The summed E-state index contributed by atoms with van der Waals surface area (Å²) in [7, 11) is 0. The first-order valence-electron chi connectivity index (χ1n) is 11.1. The fraction of sp³-hybridized carbons (Fsp3) is 0.0345. The third-order valence-electron chi connectivity index (χ3n) is 5.86. The van der Waals surface area contributed by atoms with Gasteiger partial charge in [-0.05, 0) is 53.1 Å². The van der Waals surface area contributed by atoms with Gasteiger partial charge in [0.15, 0.2) is 5.75 Å². The summed E-state index contributed by atoms with van der Waals surface area (Å²) >= 11 is 5.99. The number of amides is 1. The Morgan fingerprint density at radius 2 is 1.54 bits per heavy atom. The van der Waals surface area contributed by atoms with Crippen molar-refractivity contribution in [3.63, 3.8) is 0 Å². The predicted molar refractivity (Wildman–Crippen MR) is 139 cm³/mol. The first-order valence-corrected chi connectivity index (χ1v) is 11.5. The van der Waals surface area contributed by atoms with Gasteiger partial charge in [0.25, 0.3) is 11.5 Å². The number of rotatable bonds is 5. The maximum Gasteiger partial charge on any atom is 0.298 e. The number of carbonyl (C=O) groups excluding carboxylic acids is 1. The van der Waals surface area contributed by atoms with E-state index in [2.05, 4.69) is 5.32 Å². The van der Waals surface area contributed by atoms with Gasteiger partial charge in [-0.25, -0.2) is 0 Å². The summed E-state index contributed by atoms with van der Waals surface area (Å²) in [6.45, 7) is 0.232. The van der Waals surface area contributed by atoms with Crippen molar-refractivity contribution in [1.29, 1.82) is 0 Å². The summed E-state index contributed by atoms with van der Waals surface area (Å²) in [5.74, 6) is -1.10. The minimum Gasteiger partial charge on any atom is -0.502 e. The molecule has 0 aliphatic rings. The second-order valence-corrected chi connectivity index (χ2v) is 8.54. The Morgan fingerprint density at radius 1 is 0.829 bits per heavy atom. The molecule has 4 aromatic carbocycles. The van der Waals surface area contributed by atoms with Crippen molar-refractivity contribution in [2.75, 3.05) is 0 Å². The van der Waals surface area contributed by atoms with Crippen LogP contribution in [0, 0.1) is 0 Å². The van der Waals surface area contributed by atoms with E-state index in [4.69, 9.17) is 11.6 Å². The molecule has 5 rings (SSSR count). The number of fused-ring (bicyclic) bond motifs is 1. The van der Waals surface area contributed by atoms with Crippen LogP contribution in [0.1, 0.15) is 15.9 Å². The summed E-state index contributed by atoms with van der Waals surface area (Å²) in [5, 5.41) is 14.8. The van der Waals surface area contributed by atoms with Gasteiger partial charge >= 0.3 is 0 Å². The Labute approximate surface area is 206 Å². The van der Waals surface area contributed by atoms with Crippen molar-refractivity contribution < 1.29 is 9.90 Å². The van der Waals surface area contributed by atoms with Crippen LogP contribution < -0.4 is 10.9 Å². The van der Waals surface area contributed by atoms with Gasteiger partial charge in [0, 0.05) is 22.6 Å². The van der Waals surface area contributed by atoms with Crippen LogP contribution in [0.2, 0.25) is 5.02 Å². The van der Waals surface area contributed by atoms with Crippen molar-refractivity contribution in [2.45, 2.75) is 6.54 Å². The van der Waals surface area contributed by atoms with E-state index in [9.17, 15) is 14.7 Å². The summed E-state index contributed by atoms with van der Waals surface area (Å²) in [5.41, 5.74) is 3.35. The highest BCUT2D eigenvalue weighted by atomic mass is 35.5. The number of nitrogens with zero attached hydrogens (tertiary/aromatic N) is 1. The monoisotopic (exact) mass is 480 g/mol. The predicted octanol–water partition coefficient (Wildman–Crippen LogP) is 5.95. The van der Waals surface area contributed by atoms with Crippen molar-refractivity contribution in [2.24, 2.45) is 0 Å². The van der Waals surface area contributed by atoms with Crippen molar-refractivity contribution in [3.8, 4) is 22.6 Å². The minimum atomic E-state index is -0.648. The highest BCUT2D eigenvalue weighted by molar-refractivity contribution is 6.30. The molecule has 2 N–H and O–H groups in total. The Kier molecular flexibility index (Phi) is 6.08. The molecule has 0 saturated heterocycles. The molecule has 35 heavy (non-hydrogen) atoms. The Morgan fingerprint density at radius 3 is 2.31 bits per heavy atom. The lowest BCUT2D eigenvalue weighted by Crippen LogP contribution is -2.27. The second-order valence-electron chi connectivity index (χ2n) is 8.11. The fourth-order valence-corrected chi connectivity index (χ4v) is 4.29. The highest BCUT2D eigenvalue weighted by Crippen LogP contribution is 2.27. The van der Waals surface area contributed by atoms with Crippen LogP contribution in [0.4, 0.5) is 0 Å². The second kappa shape index (κ2) is 9.49. The van der Waals surface area contributed by atoms with Gasteiger partial charge in [0.1, 0.15) is 0 Å². The fourth-order valence-electron chi connectivity index (χ4n) is 4.17. The highest BCUT2D eigenvalue weighted by Gasteiger charge is 2.22. The standard InChI is InChI=1S/C29H21ClN2O3/c30-22-15-13-20(14-16-22)21-8-6-7-19(17-21)18-31-28(34)26-24-11-4-5-12-25(24)32(29(35)27(26)33)23-9-2-1-3-10-23/h1-17,33H,18H2,(H,31,34). The quantitative estimate of drug-likeness (QED) is 0.326. The molecule has 172 valence electrons.